The maximum Gasteiger partial charge on any atom is 0.233 e. The summed E-state index contributed by atoms with van der Waals surface area (Å²) in [6.07, 6.45) is 2.43. The molecule has 1 amide bonds. The largest absolute Gasteiger partial charge is 0.355 e. The predicted octanol–water partition coefficient (Wildman–Crippen LogP) is 2.75. The topological polar surface area (TPSA) is 59.8 Å². The van der Waals surface area contributed by atoms with E-state index in [1.165, 1.54) is 23.9 Å². The first-order chi connectivity index (χ1) is 11.5. The molecule has 1 heterocycles. The molecule has 0 aliphatic carbocycles. The van der Waals surface area contributed by atoms with E-state index in [-0.39, 0.29) is 17.0 Å². The Kier molecular flexibility index (Phi) is 6.54. The van der Waals surface area contributed by atoms with Crippen LogP contribution in [0.25, 0.3) is 0 Å². The first kappa shape index (κ1) is 18.2. The van der Waals surface area contributed by atoms with Crippen LogP contribution in [0, 0.1) is 12.7 Å². The van der Waals surface area contributed by atoms with Gasteiger partial charge in [-0.2, -0.15) is 0 Å². The van der Waals surface area contributed by atoms with Gasteiger partial charge in [-0.1, -0.05) is 30.0 Å². The molecule has 5 nitrogen and oxygen atoms in total. The first-order valence-corrected chi connectivity index (χ1v) is 8.58. The minimum atomic E-state index is -0.287. The molecule has 2 aromatic rings. The van der Waals surface area contributed by atoms with Gasteiger partial charge in [0.1, 0.15) is 11.6 Å². The molecule has 0 aliphatic heterocycles. The Bertz CT molecular complexity index is 699. The normalized spacial score (nSPS) is 12.0. The lowest BCUT2D eigenvalue weighted by molar-refractivity contribution is -0.120. The number of nitrogens with one attached hydrogen (secondary N) is 1. The Morgan fingerprint density at radius 1 is 1.42 bits per heavy atom. The van der Waals surface area contributed by atoms with Crippen molar-refractivity contribution in [3.05, 3.63) is 54.1 Å². The first-order valence-electron chi connectivity index (χ1n) is 7.70. The predicted molar refractivity (Wildman–Crippen MR) is 93.4 cm³/mol. The smallest absolute Gasteiger partial charge is 0.233 e. The summed E-state index contributed by atoms with van der Waals surface area (Å²) >= 11 is 1.37. The number of carbonyl (C=O) groups excluding carboxylic acids is 1. The standard InChI is InChI=1S/C17H21FN4OS/c1-4-11-22-13(3)20-21-17(22)24-12(2)16(23)19-10-9-14-5-7-15(18)8-6-14/h4-8,12H,1,9-11H2,2-3H3,(H,19,23)/t12-/m0/s1. The van der Waals surface area contributed by atoms with E-state index < -0.39 is 0 Å². The molecule has 0 spiro atoms. The van der Waals surface area contributed by atoms with Gasteiger partial charge < -0.3 is 9.88 Å². The Hall–Kier alpha value is -2.15. The SMILES string of the molecule is C=CCn1c(C)nnc1S[C@@H](C)C(=O)NCCc1ccc(F)cc1. The molecule has 7 heteroatoms. The molecule has 0 aliphatic rings. The van der Waals surface area contributed by atoms with Crippen LogP contribution >= 0.6 is 11.8 Å². The molecule has 1 N–H and O–H groups in total. The summed E-state index contributed by atoms with van der Waals surface area (Å²) in [4.78, 5) is 12.2. The van der Waals surface area contributed by atoms with E-state index in [4.69, 9.17) is 0 Å². The van der Waals surface area contributed by atoms with Crippen LogP contribution in [0.5, 0.6) is 0 Å². The molecular weight excluding hydrogens is 327 g/mol. The zero-order valence-electron chi connectivity index (χ0n) is 13.8. The number of hydrogen-bond donors (Lipinski definition) is 1. The minimum absolute atomic E-state index is 0.0621. The lowest BCUT2D eigenvalue weighted by atomic mass is 10.1. The van der Waals surface area contributed by atoms with Crippen molar-refractivity contribution in [2.45, 2.75) is 37.2 Å². The Morgan fingerprint density at radius 2 is 2.12 bits per heavy atom. The van der Waals surface area contributed by atoms with E-state index >= 15 is 0 Å². The van der Waals surface area contributed by atoms with Crippen molar-refractivity contribution in [3.63, 3.8) is 0 Å². The molecule has 2 rings (SSSR count). The molecule has 0 saturated heterocycles. The quantitative estimate of drug-likeness (QED) is 0.589. The fraction of sp³-hybridized carbons (Fsp3) is 0.353. The third-order valence-corrected chi connectivity index (χ3v) is 4.57. The average molecular weight is 348 g/mol. The monoisotopic (exact) mass is 348 g/mol. The Morgan fingerprint density at radius 3 is 2.79 bits per heavy atom. The highest BCUT2D eigenvalue weighted by Crippen LogP contribution is 2.22. The summed E-state index contributed by atoms with van der Waals surface area (Å²) in [6, 6.07) is 6.29. The fourth-order valence-corrected chi connectivity index (χ4v) is 3.05. The highest BCUT2D eigenvalue weighted by atomic mass is 32.2. The maximum atomic E-state index is 12.8. The second kappa shape index (κ2) is 8.63. The molecule has 0 radical (unpaired) electrons. The summed E-state index contributed by atoms with van der Waals surface area (Å²) in [5.41, 5.74) is 0.985. The third kappa shape index (κ3) is 4.92. The number of rotatable bonds is 8. The number of amides is 1. The van der Waals surface area contributed by atoms with Crippen molar-refractivity contribution < 1.29 is 9.18 Å². The molecule has 24 heavy (non-hydrogen) atoms. The molecule has 1 atom stereocenters. The van der Waals surface area contributed by atoms with Crippen LogP contribution in [0.2, 0.25) is 0 Å². The summed E-state index contributed by atoms with van der Waals surface area (Å²) in [5, 5.41) is 11.5. The number of thioether (sulfide) groups is 1. The molecular formula is C17H21FN4OS. The second-order valence-corrected chi connectivity index (χ2v) is 6.66. The highest BCUT2D eigenvalue weighted by Gasteiger charge is 2.18. The van der Waals surface area contributed by atoms with Gasteiger partial charge in [-0.25, -0.2) is 4.39 Å². The molecule has 0 unspecified atom stereocenters. The molecule has 1 aromatic heterocycles. The van der Waals surface area contributed by atoms with Crippen molar-refractivity contribution in [2.24, 2.45) is 0 Å². The number of nitrogens with zero attached hydrogens (tertiary/aromatic N) is 3. The van der Waals surface area contributed by atoms with E-state index in [1.807, 2.05) is 18.4 Å². The van der Waals surface area contributed by atoms with Gasteiger partial charge in [-0.3, -0.25) is 4.79 Å². The lowest BCUT2D eigenvalue weighted by Gasteiger charge is -2.12. The van der Waals surface area contributed by atoms with Gasteiger partial charge in [0.15, 0.2) is 5.16 Å². The molecule has 0 saturated carbocycles. The van der Waals surface area contributed by atoms with Gasteiger partial charge in [0.25, 0.3) is 0 Å². The van der Waals surface area contributed by atoms with Gasteiger partial charge in [-0.05, 0) is 38.0 Å². The number of carbonyl (C=O) groups is 1. The van der Waals surface area contributed by atoms with E-state index in [0.29, 0.717) is 24.7 Å². The zero-order chi connectivity index (χ0) is 17.5. The molecule has 1 aromatic carbocycles. The number of aromatic nitrogens is 3. The van der Waals surface area contributed by atoms with E-state index in [1.54, 1.807) is 18.2 Å². The second-order valence-electron chi connectivity index (χ2n) is 5.36. The molecule has 128 valence electrons. The Labute approximate surface area is 145 Å². The molecule has 0 fully saturated rings. The fourth-order valence-electron chi connectivity index (χ4n) is 2.12. The van der Waals surface area contributed by atoms with E-state index in [2.05, 4.69) is 22.1 Å². The van der Waals surface area contributed by atoms with Gasteiger partial charge in [0.2, 0.25) is 5.91 Å². The van der Waals surface area contributed by atoms with Crippen molar-refractivity contribution in [1.82, 2.24) is 20.1 Å². The van der Waals surface area contributed by atoms with Gasteiger partial charge >= 0.3 is 0 Å². The third-order valence-electron chi connectivity index (χ3n) is 3.49. The van der Waals surface area contributed by atoms with Crippen molar-refractivity contribution in [2.75, 3.05) is 6.54 Å². The maximum absolute atomic E-state index is 12.8. The van der Waals surface area contributed by atoms with E-state index in [9.17, 15) is 9.18 Å². The van der Waals surface area contributed by atoms with Crippen LogP contribution in [0.3, 0.4) is 0 Å². The van der Waals surface area contributed by atoms with Crippen LogP contribution in [0.4, 0.5) is 4.39 Å². The summed E-state index contributed by atoms with van der Waals surface area (Å²) in [5.74, 6) is 0.473. The summed E-state index contributed by atoms with van der Waals surface area (Å²) in [6.45, 7) is 8.54. The average Bonchev–Trinajstić information content (AvgIpc) is 2.90. The van der Waals surface area contributed by atoms with E-state index in [0.717, 1.165) is 11.4 Å². The Balaban J connectivity index is 1.84. The van der Waals surface area contributed by atoms with Gasteiger partial charge in [-0.15, -0.1) is 16.8 Å². The minimum Gasteiger partial charge on any atom is -0.355 e. The summed E-state index contributed by atoms with van der Waals surface area (Å²) in [7, 11) is 0. The number of allylic oxidation sites excluding steroid dienone is 1. The van der Waals surface area contributed by atoms with Gasteiger partial charge in [0, 0.05) is 13.1 Å². The van der Waals surface area contributed by atoms with Gasteiger partial charge in [0.05, 0.1) is 5.25 Å². The number of halogens is 1. The van der Waals surface area contributed by atoms with Crippen LogP contribution in [0.1, 0.15) is 18.3 Å². The zero-order valence-corrected chi connectivity index (χ0v) is 14.6. The van der Waals surface area contributed by atoms with Crippen LogP contribution in [-0.4, -0.2) is 32.5 Å². The summed E-state index contributed by atoms with van der Waals surface area (Å²) < 4.78 is 14.8. The van der Waals surface area contributed by atoms with Crippen LogP contribution < -0.4 is 5.32 Å². The molecule has 0 bridgehead atoms. The number of benzene rings is 1. The number of aryl methyl sites for hydroxylation is 1. The van der Waals surface area contributed by atoms with Crippen molar-refractivity contribution in [3.8, 4) is 0 Å². The van der Waals surface area contributed by atoms with Crippen molar-refractivity contribution >= 4 is 17.7 Å². The lowest BCUT2D eigenvalue weighted by Crippen LogP contribution is -2.32. The highest BCUT2D eigenvalue weighted by molar-refractivity contribution is 8.00. The van der Waals surface area contributed by atoms with Crippen LogP contribution in [-0.2, 0) is 17.8 Å². The van der Waals surface area contributed by atoms with Crippen LogP contribution in [0.15, 0.2) is 42.1 Å². The van der Waals surface area contributed by atoms with Crippen molar-refractivity contribution in [1.29, 1.82) is 0 Å². The number of hydrogen-bond acceptors (Lipinski definition) is 4.